The first-order valence-corrected chi connectivity index (χ1v) is 11.1. The summed E-state index contributed by atoms with van der Waals surface area (Å²) in [4.78, 5) is 26.8. The lowest BCUT2D eigenvalue weighted by Crippen LogP contribution is -2.27. The smallest absolute Gasteiger partial charge is 0.293 e. The Bertz CT molecular complexity index is 1170. The van der Waals surface area contributed by atoms with Crippen LogP contribution in [-0.4, -0.2) is 16.0 Å². The molecule has 0 aromatic heterocycles. The van der Waals surface area contributed by atoms with E-state index in [0.717, 1.165) is 21.8 Å². The number of nitrogens with zero attached hydrogens (tertiary/aromatic N) is 1. The van der Waals surface area contributed by atoms with Crippen molar-refractivity contribution in [3.8, 4) is 5.75 Å². The fraction of sp³-hybridized carbons (Fsp3) is 0.0833. The molecule has 0 atom stereocenters. The van der Waals surface area contributed by atoms with Crippen LogP contribution < -0.4 is 4.74 Å². The molecule has 3 aromatic rings. The molecular formula is C24H17BrFNO3S. The second-order valence-electron chi connectivity index (χ2n) is 6.82. The van der Waals surface area contributed by atoms with E-state index in [1.165, 1.54) is 11.0 Å². The number of carbonyl (C=O) groups excluding carboxylic acids is 2. The van der Waals surface area contributed by atoms with Gasteiger partial charge in [-0.2, -0.15) is 0 Å². The van der Waals surface area contributed by atoms with Gasteiger partial charge in [0.25, 0.3) is 11.1 Å². The lowest BCUT2D eigenvalue weighted by Gasteiger charge is -2.12. The van der Waals surface area contributed by atoms with Crippen LogP contribution in [0.15, 0.2) is 82.2 Å². The fourth-order valence-corrected chi connectivity index (χ4v) is 4.29. The number of imide groups is 1. The van der Waals surface area contributed by atoms with Crippen molar-refractivity contribution in [2.75, 3.05) is 0 Å². The third-order valence-corrected chi connectivity index (χ3v) is 6.06. The molecule has 0 N–H and O–H groups in total. The number of amides is 2. The van der Waals surface area contributed by atoms with Crippen molar-refractivity contribution in [2.45, 2.75) is 13.2 Å². The maximum absolute atomic E-state index is 13.9. The summed E-state index contributed by atoms with van der Waals surface area (Å²) in [6, 6.07) is 21.1. The van der Waals surface area contributed by atoms with Gasteiger partial charge in [-0.15, -0.1) is 0 Å². The van der Waals surface area contributed by atoms with E-state index >= 15 is 0 Å². The molecule has 1 aliphatic rings. The normalized spacial score (nSPS) is 15.0. The van der Waals surface area contributed by atoms with Crippen molar-refractivity contribution in [3.63, 3.8) is 0 Å². The Morgan fingerprint density at radius 2 is 1.74 bits per heavy atom. The highest BCUT2D eigenvalue weighted by molar-refractivity contribution is 9.10. The predicted molar refractivity (Wildman–Crippen MR) is 123 cm³/mol. The standard InChI is InChI=1S/C24H17BrFNO3S/c25-19-10-11-21(30-15-17-8-4-5-9-20(17)26)18(12-19)13-22-23(28)27(24(29)31-22)14-16-6-2-1-3-7-16/h1-13H,14-15H2/b22-13-. The van der Waals surface area contributed by atoms with Crippen LogP contribution in [0.2, 0.25) is 0 Å². The Morgan fingerprint density at radius 3 is 2.52 bits per heavy atom. The Labute approximate surface area is 191 Å². The summed E-state index contributed by atoms with van der Waals surface area (Å²) in [6.07, 6.45) is 1.64. The zero-order valence-corrected chi connectivity index (χ0v) is 18.7. The molecule has 4 rings (SSSR count). The molecule has 0 spiro atoms. The van der Waals surface area contributed by atoms with Gasteiger partial charge in [0.2, 0.25) is 0 Å². The summed E-state index contributed by atoms with van der Waals surface area (Å²) in [5, 5.41) is -0.316. The van der Waals surface area contributed by atoms with Gasteiger partial charge in [0.05, 0.1) is 11.4 Å². The molecule has 1 fully saturated rings. The molecule has 1 heterocycles. The summed E-state index contributed by atoms with van der Waals surface area (Å²) in [5.74, 6) is -0.205. The Balaban J connectivity index is 1.56. The van der Waals surface area contributed by atoms with Gasteiger partial charge in [0.1, 0.15) is 18.2 Å². The Morgan fingerprint density at radius 1 is 1.00 bits per heavy atom. The topological polar surface area (TPSA) is 46.6 Å². The van der Waals surface area contributed by atoms with Crippen molar-refractivity contribution >= 4 is 44.9 Å². The number of rotatable bonds is 6. The lowest BCUT2D eigenvalue weighted by molar-refractivity contribution is -0.123. The number of hydrogen-bond acceptors (Lipinski definition) is 4. The first-order chi connectivity index (χ1) is 15.0. The molecule has 3 aromatic carbocycles. The molecule has 1 saturated heterocycles. The fourth-order valence-electron chi connectivity index (χ4n) is 3.08. The van der Waals surface area contributed by atoms with Crippen molar-refractivity contribution in [2.24, 2.45) is 0 Å². The third kappa shape index (κ3) is 5.06. The molecule has 0 saturated carbocycles. The number of thioether (sulfide) groups is 1. The second-order valence-corrected chi connectivity index (χ2v) is 8.72. The summed E-state index contributed by atoms with van der Waals surface area (Å²) in [6.45, 7) is 0.266. The quantitative estimate of drug-likeness (QED) is 0.369. The minimum absolute atomic E-state index is 0.0463. The van der Waals surface area contributed by atoms with E-state index in [4.69, 9.17) is 4.74 Å². The van der Waals surface area contributed by atoms with Crippen LogP contribution in [0.4, 0.5) is 9.18 Å². The maximum atomic E-state index is 13.9. The first-order valence-electron chi connectivity index (χ1n) is 9.46. The minimum atomic E-state index is -0.348. The van der Waals surface area contributed by atoms with Crippen LogP contribution in [0.1, 0.15) is 16.7 Å². The van der Waals surface area contributed by atoms with Crippen molar-refractivity contribution in [1.82, 2.24) is 4.90 Å². The minimum Gasteiger partial charge on any atom is -0.488 e. The molecule has 4 nitrogen and oxygen atoms in total. The monoisotopic (exact) mass is 497 g/mol. The average Bonchev–Trinajstić information content (AvgIpc) is 3.02. The van der Waals surface area contributed by atoms with Crippen LogP contribution in [0.25, 0.3) is 6.08 Å². The van der Waals surface area contributed by atoms with Crippen LogP contribution >= 0.6 is 27.7 Å². The summed E-state index contributed by atoms with van der Waals surface area (Å²) in [5.41, 5.74) is 1.93. The van der Waals surface area contributed by atoms with E-state index < -0.39 is 0 Å². The highest BCUT2D eigenvalue weighted by atomic mass is 79.9. The van der Waals surface area contributed by atoms with Gasteiger partial charge in [-0.05, 0) is 47.7 Å². The molecular weight excluding hydrogens is 481 g/mol. The number of benzene rings is 3. The maximum Gasteiger partial charge on any atom is 0.293 e. The molecule has 156 valence electrons. The Kier molecular flexibility index (Phi) is 6.53. The number of halogens is 2. The van der Waals surface area contributed by atoms with Crippen LogP contribution in [0.5, 0.6) is 5.75 Å². The van der Waals surface area contributed by atoms with E-state index in [0.29, 0.717) is 21.8 Å². The van der Waals surface area contributed by atoms with Crippen molar-refractivity contribution in [3.05, 3.63) is 105 Å². The molecule has 2 amide bonds. The average molecular weight is 498 g/mol. The first kappa shape index (κ1) is 21.3. The van der Waals surface area contributed by atoms with Gasteiger partial charge >= 0.3 is 0 Å². The number of carbonyl (C=O) groups is 2. The molecule has 7 heteroatoms. The molecule has 1 aliphatic heterocycles. The molecule has 0 unspecified atom stereocenters. The molecule has 0 radical (unpaired) electrons. The SMILES string of the molecule is O=C1S/C(=C\c2cc(Br)ccc2OCc2ccccc2F)C(=O)N1Cc1ccccc1. The summed E-state index contributed by atoms with van der Waals surface area (Å²) in [7, 11) is 0. The zero-order chi connectivity index (χ0) is 21.8. The van der Waals surface area contributed by atoms with E-state index in [2.05, 4.69) is 15.9 Å². The number of ether oxygens (including phenoxy) is 1. The highest BCUT2D eigenvalue weighted by Crippen LogP contribution is 2.35. The number of hydrogen-bond donors (Lipinski definition) is 0. The van der Waals surface area contributed by atoms with Gasteiger partial charge in [-0.25, -0.2) is 4.39 Å². The van der Waals surface area contributed by atoms with E-state index in [1.54, 1.807) is 42.5 Å². The summed E-state index contributed by atoms with van der Waals surface area (Å²) < 4.78 is 20.5. The van der Waals surface area contributed by atoms with Gasteiger partial charge < -0.3 is 4.74 Å². The largest absolute Gasteiger partial charge is 0.488 e. The van der Waals surface area contributed by atoms with Crippen molar-refractivity contribution in [1.29, 1.82) is 0 Å². The van der Waals surface area contributed by atoms with Crippen LogP contribution in [0, 0.1) is 5.82 Å². The van der Waals surface area contributed by atoms with Gasteiger partial charge in [0.15, 0.2) is 0 Å². The Hall–Kier alpha value is -2.90. The second kappa shape index (κ2) is 9.49. The van der Waals surface area contributed by atoms with Crippen LogP contribution in [-0.2, 0) is 17.9 Å². The third-order valence-electron chi connectivity index (χ3n) is 4.66. The lowest BCUT2D eigenvalue weighted by atomic mass is 10.1. The highest BCUT2D eigenvalue weighted by Gasteiger charge is 2.35. The van der Waals surface area contributed by atoms with E-state index in [9.17, 15) is 14.0 Å². The van der Waals surface area contributed by atoms with Gasteiger partial charge in [0, 0.05) is 15.6 Å². The van der Waals surface area contributed by atoms with Crippen LogP contribution in [0.3, 0.4) is 0 Å². The van der Waals surface area contributed by atoms with E-state index in [-0.39, 0.29) is 30.1 Å². The van der Waals surface area contributed by atoms with Crippen molar-refractivity contribution < 1.29 is 18.7 Å². The zero-order valence-electron chi connectivity index (χ0n) is 16.3. The molecule has 0 bridgehead atoms. The summed E-state index contributed by atoms with van der Waals surface area (Å²) >= 11 is 4.32. The molecule has 0 aliphatic carbocycles. The predicted octanol–water partition coefficient (Wildman–Crippen LogP) is 6.40. The van der Waals surface area contributed by atoms with Gasteiger partial charge in [-0.1, -0.05) is 64.5 Å². The van der Waals surface area contributed by atoms with E-state index in [1.807, 2.05) is 30.3 Å². The van der Waals surface area contributed by atoms with Gasteiger partial charge in [-0.3, -0.25) is 14.5 Å². The molecule has 31 heavy (non-hydrogen) atoms.